The number of likely N-dealkylation sites (N-methyl/N-ethyl adjacent to an activating group) is 1. The topological polar surface area (TPSA) is 106 Å². The second-order valence-corrected chi connectivity index (χ2v) is 6.73. The molecule has 0 saturated carbocycles. The minimum Gasteiger partial charge on any atom is -0.445 e. The van der Waals surface area contributed by atoms with Crippen molar-refractivity contribution in [2.45, 2.75) is 52.0 Å². The average Bonchev–Trinajstić information content (AvgIpc) is 2.56. The zero-order valence-corrected chi connectivity index (χ0v) is 15.8. The number of amides is 3. The van der Waals surface area contributed by atoms with E-state index in [0.717, 1.165) is 5.56 Å². The van der Waals surface area contributed by atoms with Crippen molar-refractivity contribution < 1.29 is 23.9 Å². The van der Waals surface area contributed by atoms with Crippen LogP contribution < -0.4 is 16.0 Å². The van der Waals surface area contributed by atoms with Gasteiger partial charge in [-0.3, -0.25) is 4.79 Å². The van der Waals surface area contributed by atoms with Crippen molar-refractivity contribution in [2.75, 3.05) is 7.05 Å². The molecule has 1 aromatic rings. The third kappa shape index (κ3) is 7.87. The monoisotopic (exact) mass is 365 g/mol. The first-order valence-corrected chi connectivity index (χ1v) is 8.30. The predicted molar refractivity (Wildman–Crippen MR) is 96.4 cm³/mol. The summed E-state index contributed by atoms with van der Waals surface area (Å²) in [6.07, 6.45) is -1.45. The van der Waals surface area contributed by atoms with Crippen LogP contribution >= 0.6 is 0 Å². The number of nitrogens with one attached hydrogen (secondary N) is 3. The second kappa shape index (κ2) is 9.65. The Kier molecular flexibility index (Phi) is 7.89. The molecule has 2 atom stereocenters. The fourth-order valence-corrected chi connectivity index (χ4v) is 2.04. The Morgan fingerprint density at radius 3 is 2.19 bits per heavy atom. The van der Waals surface area contributed by atoms with Crippen LogP contribution in [0.3, 0.4) is 0 Å². The van der Waals surface area contributed by atoms with Crippen molar-refractivity contribution in [3.05, 3.63) is 35.9 Å². The predicted octanol–water partition coefficient (Wildman–Crippen LogP) is 1.94. The van der Waals surface area contributed by atoms with Crippen LogP contribution in [-0.4, -0.2) is 42.8 Å². The van der Waals surface area contributed by atoms with Gasteiger partial charge in [0, 0.05) is 7.05 Å². The molecule has 0 fully saturated rings. The number of rotatable bonds is 6. The Morgan fingerprint density at radius 1 is 1.04 bits per heavy atom. The van der Waals surface area contributed by atoms with E-state index in [1.807, 2.05) is 30.3 Å². The van der Waals surface area contributed by atoms with Gasteiger partial charge < -0.3 is 25.4 Å². The molecular weight excluding hydrogens is 338 g/mol. The highest BCUT2D eigenvalue weighted by atomic mass is 16.6. The molecule has 0 aromatic heterocycles. The molecule has 0 saturated heterocycles. The molecule has 144 valence electrons. The van der Waals surface area contributed by atoms with Crippen LogP contribution in [0, 0.1) is 0 Å². The standard InChI is InChI=1S/C18H27N3O5/c1-12(20-16(23)25-11-13-9-7-6-8-10-13)14(15(22)19-5)21-17(24)26-18(2,3)4/h6-10,12,14H,11H2,1-5H3,(H,19,22)(H,20,23)(H,21,24)/t12?,14-/m0/s1. The summed E-state index contributed by atoms with van der Waals surface area (Å²) in [6, 6.07) is 7.46. The van der Waals surface area contributed by atoms with Gasteiger partial charge in [0.1, 0.15) is 18.2 Å². The minimum absolute atomic E-state index is 0.101. The number of hydrogen-bond acceptors (Lipinski definition) is 5. The largest absolute Gasteiger partial charge is 0.445 e. The number of alkyl carbamates (subject to hydrolysis) is 2. The Hall–Kier alpha value is -2.77. The van der Waals surface area contributed by atoms with Crippen LogP contribution in [0.25, 0.3) is 0 Å². The molecule has 0 radical (unpaired) electrons. The van der Waals surface area contributed by atoms with E-state index in [4.69, 9.17) is 9.47 Å². The highest BCUT2D eigenvalue weighted by Crippen LogP contribution is 2.07. The van der Waals surface area contributed by atoms with E-state index in [-0.39, 0.29) is 6.61 Å². The van der Waals surface area contributed by atoms with E-state index >= 15 is 0 Å². The molecule has 8 nitrogen and oxygen atoms in total. The summed E-state index contributed by atoms with van der Waals surface area (Å²) in [5.74, 6) is -0.466. The van der Waals surface area contributed by atoms with Crippen LogP contribution in [0.4, 0.5) is 9.59 Å². The lowest BCUT2D eigenvalue weighted by atomic mass is 10.1. The van der Waals surface area contributed by atoms with Gasteiger partial charge in [-0.15, -0.1) is 0 Å². The van der Waals surface area contributed by atoms with Crippen LogP contribution in [-0.2, 0) is 20.9 Å². The summed E-state index contributed by atoms with van der Waals surface area (Å²) in [5.41, 5.74) is 0.132. The lowest BCUT2D eigenvalue weighted by molar-refractivity contribution is -0.123. The Bertz CT molecular complexity index is 613. The van der Waals surface area contributed by atoms with Gasteiger partial charge in [-0.2, -0.15) is 0 Å². The van der Waals surface area contributed by atoms with Crippen molar-refractivity contribution in [2.24, 2.45) is 0 Å². The Balaban J connectivity index is 2.61. The van der Waals surface area contributed by atoms with Gasteiger partial charge in [-0.1, -0.05) is 30.3 Å². The van der Waals surface area contributed by atoms with E-state index in [2.05, 4.69) is 16.0 Å². The summed E-state index contributed by atoms with van der Waals surface area (Å²) in [4.78, 5) is 35.9. The molecule has 1 rings (SSSR count). The van der Waals surface area contributed by atoms with E-state index in [1.54, 1.807) is 27.7 Å². The van der Waals surface area contributed by atoms with Gasteiger partial charge in [0.25, 0.3) is 0 Å². The van der Waals surface area contributed by atoms with Gasteiger partial charge in [0.2, 0.25) is 5.91 Å². The number of carbonyl (C=O) groups is 3. The summed E-state index contributed by atoms with van der Waals surface area (Å²) >= 11 is 0. The second-order valence-electron chi connectivity index (χ2n) is 6.73. The third-order valence-corrected chi connectivity index (χ3v) is 3.26. The van der Waals surface area contributed by atoms with Crippen LogP contribution in [0.15, 0.2) is 30.3 Å². The van der Waals surface area contributed by atoms with Crippen LogP contribution in [0.1, 0.15) is 33.3 Å². The van der Waals surface area contributed by atoms with Gasteiger partial charge in [-0.25, -0.2) is 9.59 Å². The minimum atomic E-state index is -1.01. The summed E-state index contributed by atoms with van der Waals surface area (Å²) < 4.78 is 10.3. The maximum absolute atomic E-state index is 12.0. The molecule has 0 aliphatic rings. The average molecular weight is 365 g/mol. The van der Waals surface area contributed by atoms with E-state index < -0.39 is 35.8 Å². The number of benzene rings is 1. The van der Waals surface area contributed by atoms with Gasteiger partial charge in [0.15, 0.2) is 0 Å². The lowest BCUT2D eigenvalue weighted by Gasteiger charge is -2.26. The summed E-state index contributed by atoms with van der Waals surface area (Å²) in [5, 5.41) is 7.45. The quantitative estimate of drug-likeness (QED) is 0.714. The number of carbonyl (C=O) groups excluding carboxylic acids is 3. The van der Waals surface area contributed by atoms with E-state index in [0.29, 0.717) is 0 Å². The molecule has 0 aliphatic heterocycles. The molecule has 3 amide bonds. The van der Waals surface area contributed by atoms with E-state index in [1.165, 1.54) is 7.05 Å². The Morgan fingerprint density at radius 2 is 1.65 bits per heavy atom. The molecule has 8 heteroatoms. The lowest BCUT2D eigenvalue weighted by Crippen LogP contribution is -2.57. The number of hydrogen-bond donors (Lipinski definition) is 3. The van der Waals surface area contributed by atoms with Crippen molar-refractivity contribution in [1.29, 1.82) is 0 Å². The van der Waals surface area contributed by atoms with Crippen LogP contribution in [0.5, 0.6) is 0 Å². The molecule has 3 N–H and O–H groups in total. The normalized spacial score (nSPS) is 13.1. The van der Waals surface area contributed by atoms with Crippen LogP contribution in [0.2, 0.25) is 0 Å². The molecule has 26 heavy (non-hydrogen) atoms. The van der Waals surface area contributed by atoms with Crippen molar-refractivity contribution in [3.8, 4) is 0 Å². The highest BCUT2D eigenvalue weighted by molar-refractivity contribution is 5.86. The first-order chi connectivity index (χ1) is 12.1. The molecule has 0 aliphatic carbocycles. The SMILES string of the molecule is CNC(=O)[C@@H](NC(=O)OC(C)(C)C)C(C)NC(=O)OCc1ccccc1. The zero-order valence-electron chi connectivity index (χ0n) is 15.8. The molecular formula is C18H27N3O5. The fourth-order valence-electron chi connectivity index (χ4n) is 2.04. The zero-order chi connectivity index (χ0) is 19.7. The third-order valence-electron chi connectivity index (χ3n) is 3.26. The van der Waals surface area contributed by atoms with Crippen molar-refractivity contribution >= 4 is 18.1 Å². The Labute approximate surface area is 153 Å². The summed E-state index contributed by atoms with van der Waals surface area (Å²) in [6.45, 7) is 6.82. The molecule has 1 aromatic carbocycles. The maximum atomic E-state index is 12.0. The first-order valence-electron chi connectivity index (χ1n) is 8.30. The van der Waals surface area contributed by atoms with Crippen molar-refractivity contribution in [3.63, 3.8) is 0 Å². The molecule has 0 bridgehead atoms. The number of ether oxygens (including phenoxy) is 2. The molecule has 0 spiro atoms. The van der Waals surface area contributed by atoms with Gasteiger partial charge in [0.05, 0.1) is 6.04 Å². The maximum Gasteiger partial charge on any atom is 0.408 e. The molecule has 0 heterocycles. The smallest absolute Gasteiger partial charge is 0.408 e. The first kappa shape index (κ1) is 21.3. The van der Waals surface area contributed by atoms with Gasteiger partial charge in [-0.05, 0) is 33.3 Å². The summed E-state index contributed by atoms with van der Waals surface area (Å²) in [7, 11) is 1.44. The highest BCUT2D eigenvalue weighted by Gasteiger charge is 2.29. The van der Waals surface area contributed by atoms with E-state index in [9.17, 15) is 14.4 Å². The molecule has 1 unspecified atom stereocenters. The van der Waals surface area contributed by atoms with Crippen molar-refractivity contribution in [1.82, 2.24) is 16.0 Å². The fraction of sp³-hybridized carbons (Fsp3) is 0.500. The van der Waals surface area contributed by atoms with Gasteiger partial charge >= 0.3 is 12.2 Å².